The van der Waals surface area contributed by atoms with E-state index in [0.29, 0.717) is 17.4 Å². The maximum Gasteiger partial charge on any atom is 0.268 e. The zero-order chi connectivity index (χ0) is 59.8. The summed E-state index contributed by atoms with van der Waals surface area (Å²) >= 11 is 0. The Hall–Kier alpha value is -1.02. The molecule has 0 aromatic carbocycles. The minimum atomic E-state index is -4.60. The van der Waals surface area contributed by atoms with Crippen molar-refractivity contribution in [2.75, 3.05) is 40.9 Å². The van der Waals surface area contributed by atoms with E-state index in [1.54, 1.807) is 6.08 Å². The highest BCUT2D eigenvalue weighted by Gasteiger charge is 2.23. The summed E-state index contributed by atoms with van der Waals surface area (Å²) in [6.07, 6.45) is 84.6. The molecule has 8 nitrogen and oxygen atoms in total. The average Bonchev–Trinajstić information content (AvgIpc) is 3.45. The first-order chi connectivity index (χ1) is 40.0. The Kier molecular flexibility index (Phi) is 63.7. The fourth-order valence-corrected chi connectivity index (χ4v) is 12.2. The van der Waals surface area contributed by atoms with Gasteiger partial charge in [-0.25, -0.2) is 0 Å². The highest BCUT2D eigenvalue weighted by atomic mass is 31.2. The number of hydrogen-bond donors (Lipinski definition) is 2. The van der Waals surface area contributed by atoms with Crippen molar-refractivity contribution < 1.29 is 32.9 Å². The van der Waals surface area contributed by atoms with Gasteiger partial charge in [0, 0.05) is 6.42 Å². The quantitative estimate of drug-likeness (QED) is 0.0272. The number of hydrogen-bond acceptors (Lipinski definition) is 6. The molecule has 0 rings (SSSR count). The fourth-order valence-electron chi connectivity index (χ4n) is 11.4. The van der Waals surface area contributed by atoms with Crippen molar-refractivity contribution in [1.82, 2.24) is 5.32 Å². The number of quaternary nitrogens is 1. The fraction of sp³-hybridized carbons (Fsp3) is 0.932. The van der Waals surface area contributed by atoms with E-state index < -0.39 is 20.0 Å². The molecular weight excluding hydrogens is 1030 g/mol. The molecule has 0 spiro atoms. The molecule has 0 aliphatic rings. The van der Waals surface area contributed by atoms with Crippen LogP contribution < -0.4 is 10.2 Å². The Morgan fingerprint density at radius 3 is 0.951 bits per heavy atom. The van der Waals surface area contributed by atoms with Crippen molar-refractivity contribution in [3.63, 3.8) is 0 Å². The van der Waals surface area contributed by atoms with E-state index in [1.165, 1.54) is 327 Å². The normalized spacial score (nSPS) is 13.7. The number of rotatable bonds is 69. The first kappa shape index (κ1) is 81.0. The third-order valence-electron chi connectivity index (χ3n) is 17.2. The van der Waals surface area contributed by atoms with Crippen molar-refractivity contribution in [3.8, 4) is 0 Å². The Balaban J connectivity index is 3.98. The van der Waals surface area contributed by atoms with Crippen LogP contribution in [0.3, 0.4) is 0 Å². The summed E-state index contributed by atoms with van der Waals surface area (Å²) in [7, 11) is 1.28. The van der Waals surface area contributed by atoms with E-state index in [0.717, 1.165) is 38.5 Å². The van der Waals surface area contributed by atoms with Crippen LogP contribution in [-0.4, -0.2) is 68.5 Å². The van der Waals surface area contributed by atoms with Gasteiger partial charge in [-0.3, -0.25) is 9.36 Å². The van der Waals surface area contributed by atoms with Crippen molar-refractivity contribution in [2.24, 2.45) is 0 Å². The number of likely N-dealkylation sites (N-methyl/N-ethyl adjacent to an activating group) is 1. The van der Waals surface area contributed by atoms with Gasteiger partial charge in [0.15, 0.2) is 0 Å². The van der Waals surface area contributed by atoms with Crippen LogP contribution in [0.4, 0.5) is 0 Å². The van der Waals surface area contributed by atoms with Gasteiger partial charge < -0.3 is 28.8 Å². The number of aliphatic hydroxyl groups is 1. The van der Waals surface area contributed by atoms with Crippen LogP contribution in [0.2, 0.25) is 0 Å². The van der Waals surface area contributed by atoms with Gasteiger partial charge in [-0.2, -0.15) is 0 Å². The standard InChI is InChI=1S/C73H145N2O6P/c1-6-8-10-12-14-16-18-20-22-24-26-28-30-32-33-34-35-36-37-38-39-40-41-43-45-47-49-51-53-55-57-59-61-63-65-67-73(77)74-71(70-81-82(78,79)80-69-68-75(3,4)5)72(76)66-64-62-60-58-56-54-52-50-48-46-44-42-31-29-27-25-23-21-19-17-15-13-11-9-7-2/h34-35,64,66,71-72,76H,6-33,36-63,65,67-70H2,1-5H3,(H-,74,77,78,79)/b35-34-,66-64+. The topological polar surface area (TPSA) is 108 Å². The Labute approximate surface area is 513 Å². The first-order valence-electron chi connectivity index (χ1n) is 36.7. The lowest BCUT2D eigenvalue weighted by Gasteiger charge is -2.29. The van der Waals surface area contributed by atoms with Gasteiger partial charge >= 0.3 is 0 Å². The monoisotopic (exact) mass is 1180 g/mol. The van der Waals surface area contributed by atoms with E-state index in [1.807, 2.05) is 27.2 Å². The number of unbranched alkanes of at least 4 members (excludes halogenated alkanes) is 54. The molecular formula is C73H145N2O6P. The van der Waals surface area contributed by atoms with E-state index in [2.05, 4.69) is 31.3 Å². The Morgan fingerprint density at radius 1 is 0.415 bits per heavy atom. The van der Waals surface area contributed by atoms with Crippen molar-refractivity contribution in [3.05, 3.63) is 24.3 Å². The molecule has 0 aliphatic carbocycles. The molecule has 0 aliphatic heterocycles. The van der Waals surface area contributed by atoms with Gasteiger partial charge in [-0.15, -0.1) is 0 Å². The van der Waals surface area contributed by atoms with Crippen LogP contribution in [0.25, 0.3) is 0 Å². The largest absolute Gasteiger partial charge is 0.756 e. The second-order valence-corrected chi connectivity index (χ2v) is 28.1. The number of aliphatic hydroxyl groups excluding tert-OH is 1. The maximum absolute atomic E-state index is 13.0. The van der Waals surface area contributed by atoms with Gasteiger partial charge in [-0.05, 0) is 44.9 Å². The molecule has 0 saturated carbocycles. The third-order valence-corrected chi connectivity index (χ3v) is 18.1. The molecule has 0 fully saturated rings. The zero-order valence-electron chi connectivity index (χ0n) is 56.0. The number of nitrogens with one attached hydrogen (secondary N) is 1. The molecule has 488 valence electrons. The molecule has 9 heteroatoms. The van der Waals surface area contributed by atoms with Crippen LogP contribution in [0, 0.1) is 0 Å². The van der Waals surface area contributed by atoms with Crippen molar-refractivity contribution in [1.29, 1.82) is 0 Å². The SMILES string of the molecule is CCCCCCCCCCCCCCCC/C=C\CCCCCCCCCCCCCCCCCCCC(=O)NC(COP(=O)([O-])OCC[N+](C)(C)C)C(O)/C=C/CCCCCCCCCCCCCCCCCCCCCCCCC. The van der Waals surface area contributed by atoms with E-state index in [9.17, 15) is 19.4 Å². The predicted octanol–water partition coefficient (Wildman–Crippen LogP) is 22.8. The van der Waals surface area contributed by atoms with E-state index in [4.69, 9.17) is 9.05 Å². The molecule has 0 heterocycles. The first-order valence-corrected chi connectivity index (χ1v) is 38.2. The highest BCUT2D eigenvalue weighted by molar-refractivity contribution is 7.45. The third kappa shape index (κ3) is 66.5. The minimum absolute atomic E-state index is 0.00182. The van der Waals surface area contributed by atoms with Crippen LogP contribution in [-0.2, 0) is 18.4 Å². The van der Waals surface area contributed by atoms with Gasteiger partial charge in [0.2, 0.25) is 5.91 Å². The number of allylic oxidation sites excluding steroid dienone is 3. The Bertz CT molecular complexity index is 1390. The van der Waals surface area contributed by atoms with Gasteiger partial charge in [0.1, 0.15) is 13.2 Å². The van der Waals surface area contributed by atoms with Gasteiger partial charge in [-0.1, -0.05) is 359 Å². The predicted molar refractivity (Wildman–Crippen MR) is 358 cm³/mol. The number of amides is 1. The summed E-state index contributed by atoms with van der Waals surface area (Å²) in [6, 6.07) is -0.886. The Morgan fingerprint density at radius 2 is 0.671 bits per heavy atom. The lowest BCUT2D eigenvalue weighted by molar-refractivity contribution is -0.870. The zero-order valence-corrected chi connectivity index (χ0v) is 56.9. The summed E-state index contributed by atoms with van der Waals surface area (Å²) in [6.45, 7) is 4.72. The van der Waals surface area contributed by atoms with E-state index in [-0.39, 0.29) is 19.1 Å². The van der Waals surface area contributed by atoms with Gasteiger partial charge in [0.25, 0.3) is 7.82 Å². The summed E-state index contributed by atoms with van der Waals surface area (Å²) in [5.41, 5.74) is 0. The van der Waals surface area contributed by atoms with Crippen molar-refractivity contribution in [2.45, 2.75) is 398 Å². The average molecular weight is 1180 g/mol. The number of phosphoric ester groups is 1. The molecule has 3 atom stereocenters. The molecule has 0 bridgehead atoms. The van der Waals surface area contributed by atoms with Crippen LogP contribution in [0.5, 0.6) is 0 Å². The van der Waals surface area contributed by atoms with E-state index >= 15 is 0 Å². The molecule has 0 aromatic rings. The highest BCUT2D eigenvalue weighted by Crippen LogP contribution is 2.38. The number of carbonyl (C=O) groups is 1. The molecule has 0 aromatic heterocycles. The molecule has 0 saturated heterocycles. The van der Waals surface area contributed by atoms with Crippen LogP contribution in [0.15, 0.2) is 24.3 Å². The lowest BCUT2D eigenvalue weighted by Crippen LogP contribution is -2.45. The second-order valence-electron chi connectivity index (χ2n) is 26.7. The number of carbonyl (C=O) groups excluding carboxylic acids is 1. The summed E-state index contributed by atoms with van der Waals surface area (Å²) in [5, 5.41) is 14.0. The molecule has 82 heavy (non-hydrogen) atoms. The minimum Gasteiger partial charge on any atom is -0.756 e. The smallest absolute Gasteiger partial charge is 0.268 e. The number of phosphoric acid groups is 1. The van der Waals surface area contributed by atoms with Crippen molar-refractivity contribution >= 4 is 13.7 Å². The second kappa shape index (κ2) is 64.5. The van der Waals surface area contributed by atoms with Crippen LogP contribution in [0.1, 0.15) is 386 Å². The maximum atomic E-state index is 13.0. The van der Waals surface area contributed by atoms with Crippen LogP contribution >= 0.6 is 7.82 Å². The van der Waals surface area contributed by atoms with Gasteiger partial charge in [0.05, 0.1) is 39.9 Å². The molecule has 3 unspecified atom stereocenters. The summed E-state index contributed by atoms with van der Waals surface area (Å²) in [5.74, 6) is -0.189. The molecule has 0 radical (unpaired) electrons. The molecule has 2 N–H and O–H groups in total. The molecule has 1 amide bonds. The number of nitrogens with zero attached hydrogens (tertiary/aromatic N) is 1. The summed E-state index contributed by atoms with van der Waals surface area (Å²) in [4.78, 5) is 25.6. The summed E-state index contributed by atoms with van der Waals surface area (Å²) < 4.78 is 23.5. The lowest BCUT2D eigenvalue weighted by atomic mass is 10.0.